The number of sulfonamides is 1. The van der Waals surface area contributed by atoms with Gasteiger partial charge in [-0.3, -0.25) is 4.79 Å². The van der Waals surface area contributed by atoms with Gasteiger partial charge in [0, 0.05) is 19.1 Å². The fraction of sp³-hybridized carbons (Fsp3) is 0.636. The van der Waals surface area contributed by atoms with Crippen LogP contribution in [0.2, 0.25) is 0 Å². The van der Waals surface area contributed by atoms with E-state index in [0.29, 0.717) is 19.3 Å². The van der Waals surface area contributed by atoms with Crippen LogP contribution >= 0.6 is 0 Å². The zero-order valence-electron chi connectivity index (χ0n) is 19.3. The Morgan fingerprint density at radius 1 is 1.15 bits per heavy atom. The third-order valence-corrected chi connectivity index (χ3v) is 8.32. The highest BCUT2D eigenvalue weighted by Gasteiger charge is 2.47. The molecule has 1 saturated heterocycles. The number of rotatable bonds is 7. The van der Waals surface area contributed by atoms with Gasteiger partial charge in [-0.1, -0.05) is 13.8 Å². The Hall–Kier alpha value is -2.34. The summed E-state index contributed by atoms with van der Waals surface area (Å²) in [4.78, 5) is 24.3. The summed E-state index contributed by atoms with van der Waals surface area (Å²) >= 11 is 0. The number of methoxy groups -OCH3 is 1. The number of carbonyl (C=O) groups is 2. The van der Waals surface area contributed by atoms with Gasteiger partial charge in [0.05, 0.1) is 17.6 Å². The van der Waals surface area contributed by atoms with Gasteiger partial charge in [0.1, 0.15) is 6.04 Å². The molecule has 0 radical (unpaired) electrons. The second kappa shape index (κ2) is 10.1. The molecule has 1 heterocycles. The van der Waals surface area contributed by atoms with E-state index in [1.165, 1.54) is 11.4 Å². The second-order valence-electron chi connectivity index (χ2n) is 9.28. The van der Waals surface area contributed by atoms with Gasteiger partial charge in [-0.25, -0.2) is 13.2 Å². The van der Waals surface area contributed by atoms with Crippen molar-refractivity contribution < 1.29 is 35.9 Å². The molecule has 0 unspecified atom stereocenters. The summed E-state index contributed by atoms with van der Waals surface area (Å²) in [6, 6.07) is 2.42. The van der Waals surface area contributed by atoms with Crippen LogP contribution < -0.4 is 10.6 Å². The minimum absolute atomic E-state index is 0.0339. The molecule has 2 fully saturated rings. The first-order valence-corrected chi connectivity index (χ1v) is 12.6. The first-order valence-electron chi connectivity index (χ1n) is 11.1. The fourth-order valence-corrected chi connectivity index (χ4v) is 6.29. The van der Waals surface area contributed by atoms with Crippen LogP contribution in [0.3, 0.4) is 0 Å². The molecule has 1 aliphatic heterocycles. The van der Waals surface area contributed by atoms with Gasteiger partial charge in [-0.15, -0.1) is 0 Å². The standard InChI is InChI=1S/C22H30F3N3O5S/c1-13(2)10-19(27-21(30)33-3)20(29)26-18-9-4-14-11-28(12-17(14)18)34(31,32)16-7-5-15(6-8-16)22(23,24)25/h5-8,13-14,17-19H,4,9-12H2,1-3H3,(H,26,29)(H,27,30)/t14-,17+,18-,19+/m1/s1. The van der Waals surface area contributed by atoms with E-state index in [4.69, 9.17) is 0 Å². The lowest BCUT2D eigenvalue weighted by Gasteiger charge is -2.25. The molecule has 3 rings (SSSR count). The zero-order valence-corrected chi connectivity index (χ0v) is 20.1. The maximum Gasteiger partial charge on any atom is 0.416 e. The molecule has 0 aromatic heterocycles. The molecule has 1 saturated carbocycles. The largest absolute Gasteiger partial charge is 0.453 e. The van der Waals surface area contributed by atoms with E-state index in [-0.39, 0.29) is 47.7 Å². The van der Waals surface area contributed by atoms with Gasteiger partial charge in [-0.2, -0.15) is 17.5 Å². The molecule has 0 bridgehead atoms. The summed E-state index contributed by atoms with van der Waals surface area (Å²) in [7, 11) is -2.75. The van der Waals surface area contributed by atoms with Crippen molar-refractivity contribution in [2.75, 3.05) is 20.2 Å². The predicted molar refractivity (Wildman–Crippen MR) is 117 cm³/mol. The Labute approximate surface area is 197 Å². The van der Waals surface area contributed by atoms with Gasteiger partial charge < -0.3 is 15.4 Å². The molecule has 1 aliphatic carbocycles. The van der Waals surface area contributed by atoms with Crippen molar-refractivity contribution in [1.29, 1.82) is 0 Å². The Balaban J connectivity index is 1.68. The number of hydrogen-bond donors (Lipinski definition) is 2. The first-order chi connectivity index (χ1) is 15.8. The number of alkyl carbamates (subject to hydrolysis) is 1. The third-order valence-electron chi connectivity index (χ3n) is 6.47. The Kier molecular flexibility index (Phi) is 7.81. The van der Waals surface area contributed by atoms with Crippen LogP contribution in [0.4, 0.5) is 18.0 Å². The first kappa shape index (κ1) is 26.3. The average molecular weight is 506 g/mol. The van der Waals surface area contributed by atoms with E-state index in [1.54, 1.807) is 0 Å². The van der Waals surface area contributed by atoms with Crippen molar-refractivity contribution in [3.8, 4) is 0 Å². The van der Waals surface area contributed by atoms with Gasteiger partial charge in [0.2, 0.25) is 15.9 Å². The SMILES string of the molecule is COC(=O)N[C@@H](CC(C)C)C(=O)N[C@@H]1CC[C@@H]2CN(S(=O)(=O)c3ccc(C(F)(F)F)cc3)C[C@@H]21. The van der Waals surface area contributed by atoms with Crippen molar-refractivity contribution >= 4 is 22.0 Å². The molecule has 0 spiro atoms. The number of ether oxygens (including phenoxy) is 1. The maximum absolute atomic E-state index is 13.0. The molecule has 12 heteroatoms. The van der Waals surface area contributed by atoms with Crippen molar-refractivity contribution in [2.45, 2.75) is 56.3 Å². The molecule has 8 nitrogen and oxygen atoms in total. The number of hydrogen-bond acceptors (Lipinski definition) is 5. The Bertz CT molecular complexity index is 998. The van der Waals surface area contributed by atoms with Crippen molar-refractivity contribution in [2.24, 2.45) is 17.8 Å². The molecule has 2 aliphatic rings. The molecule has 2 N–H and O–H groups in total. The molecule has 190 valence electrons. The van der Waals surface area contributed by atoms with Crippen molar-refractivity contribution in [1.82, 2.24) is 14.9 Å². The number of carbonyl (C=O) groups excluding carboxylic acids is 2. The summed E-state index contributed by atoms with van der Waals surface area (Å²) in [5.74, 6) is -0.300. The Morgan fingerprint density at radius 2 is 1.79 bits per heavy atom. The molecular formula is C22H30F3N3O5S. The highest BCUT2D eigenvalue weighted by Crippen LogP contribution is 2.40. The number of fused-ring (bicyclic) bond motifs is 1. The maximum atomic E-state index is 13.0. The van der Waals surface area contributed by atoms with E-state index in [1.807, 2.05) is 13.8 Å². The van der Waals surface area contributed by atoms with E-state index in [0.717, 1.165) is 24.3 Å². The minimum atomic E-state index is -4.55. The average Bonchev–Trinajstić information content (AvgIpc) is 3.34. The minimum Gasteiger partial charge on any atom is -0.453 e. The van der Waals surface area contributed by atoms with Crippen molar-refractivity contribution in [3.63, 3.8) is 0 Å². The second-order valence-corrected chi connectivity index (χ2v) is 11.2. The summed E-state index contributed by atoms with van der Waals surface area (Å²) < 4.78 is 70.4. The quantitative estimate of drug-likeness (QED) is 0.593. The van der Waals surface area contributed by atoms with Gasteiger partial charge in [0.25, 0.3) is 0 Å². The van der Waals surface area contributed by atoms with Gasteiger partial charge in [-0.05, 0) is 61.3 Å². The highest BCUT2D eigenvalue weighted by molar-refractivity contribution is 7.89. The third kappa shape index (κ3) is 5.83. The predicted octanol–water partition coefficient (Wildman–Crippen LogP) is 2.99. The lowest BCUT2D eigenvalue weighted by molar-refractivity contribution is -0.137. The number of halogens is 3. The topological polar surface area (TPSA) is 105 Å². The summed E-state index contributed by atoms with van der Waals surface area (Å²) in [6.45, 7) is 4.26. The van der Waals surface area contributed by atoms with E-state index >= 15 is 0 Å². The molecular weight excluding hydrogens is 475 g/mol. The van der Waals surface area contributed by atoms with Crippen LogP contribution in [0.15, 0.2) is 29.2 Å². The lowest BCUT2D eigenvalue weighted by atomic mass is 9.97. The summed E-state index contributed by atoms with van der Waals surface area (Å²) in [6.07, 6.45) is -3.44. The molecule has 34 heavy (non-hydrogen) atoms. The van der Waals surface area contributed by atoms with Gasteiger partial charge in [0.15, 0.2) is 0 Å². The van der Waals surface area contributed by atoms with Crippen LogP contribution in [-0.2, 0) is 25.7 Å². The van der Waals surface area contributed by atoms with E-state index in [2.05, 4.69) is 15.4 Å². The van der Waals surface area contributed by atoms with Gasteiger partial charge >= 0.3 is 12.3 Å². The Morgan fingerprint density at radius 3 is 2.35 bits per heavy atom. The van der Waals surface area contributed by atoms with Crippen LogP contribution in [0.5, 0.6) is 0 Å². The number of nitrogens with one attached hydrogen (secondary N) is 2. The van der Waals surface area contributed by atoms with Crippen LogP contribution in [0.1, 0.15) is 38.7 Å². The lowest BCUT2D eigenvalue weighted by Crippen LogP contribution is -2.51. The summed E-state index contributed by atoms with van der Waals surface area (Å²) in [5, 5.41) is 5.51. The van der Waals surface area contributed by atoms with E-state index < -0.39 is 33.9 Å². The summed E-state index contributed by atoms with van der Waals surface area (Å²) in [5.41, 5.74) is -0.913. The molecule has 4 atom stereocenters. The molecule has 1 aromatic carbocycles. The number of benzene rings is 1. The highest BCUT2D eigenvalue weighted by atomic mass is 32.2. The number of nitrogens with zero attached hydrogens (tertiary/aromatic N) is 1. The smallest absolute Gasteiger partial charge is 0.416 e. The molecule has 2 amide bonds. The monoisotopic (exact) mass is 505 g/mol. The normalized spacial score (nSPS) is 24.0. The van der Waals surface area contributed by atoms with Crippen molar-refractivity contribution in [3.05, 3.63) is 29.8 Å². The number of amides is 2. The van der Waals surface area contributed by atoms with E-state index in [9.17, 15) is 31.2 Å². The van der Waals surface area contributed by atoms with Crippen LogP contribution in [-0.4, -0.2) is 57.0 Å². The van der Waals surface area contributed by atoms with Crippen LogP contribution in [0, 0.1) is 17.8 Å². The zero-order chi connectivity index (χ0) is 25.3. The fourth-order valence-electron chi connectivity index (χ4n) is 4.75. The molecule has 1 aromatic rings. The van der Waals surface area contributed by atoms with Crippen LogP contribution in [0.25, 0.3) is 0 Å². The number of alkyl halides is 3.